The van der Waals surface area contributed by atoms with E-state index in [2.05, 4.69) is 14.7 Å². The van der Waals surface area contributed by atoms with Crippen molar-refractivity contribution in [3.63, 3.8) is 0 Å². The summed E-state index contributed by atoms with van der Waals surface area (Å²) in [7, 11) is 0. The number of rotatable bonds is 4. The standard InChI is InChI=1S/C18H10F4N2O4/c19-11-6-9(12-3-1-2-4-14(12)28-18(20,21)22)5-10(7-11)15-16(25)23-8-13(24-15)17(26)27/h1-8H,(H,23,25)(H,26,27). The van der Waals surface area contributed by atoms with E-state index in [-0.39, 0.29) is 16.7 Å². The van der Waals surface area contributed by atoms with Crippen LogP contribution in [0.25, 0.3) is 22.4 Å². The number of benzene rings is 2. The predicted molar refractivity (Wildman–Crippen MR) is 89.3 cm³/mol. The summed E-state index contributed by atoms with van der Waals surface area (Å²) in [5.74, 6) is -2.85. The fourth-order valence-electron chi connectivity index (χ4n) is 2.51. The van der Waals surface area contributed by atoms with Crippen molar-refractivity contribution in [3.8, 4) is 28.1 Å². The van der Waals surface area contributed by atoms with Crippen LogP contribution in [-0.4, -0.2) is 27.4 Å². The van der Waals surface area contributed by atoms with Gasteiger partial charge in [-0.1, -0.05) is 18.2 Å². The minimum atomic E-state index is -4.96. The highest BCUT2D eigenvalue weighted by atomic mass is 19.4. The number of hydrogen-bond acceptors (Lipinski definition) is 4. The van der Waals surface area contributed by atoms with Gasteiger partial charge >= 0.3 is 12.3 Å². The third-order valence-electron chi connectivity index (χ3n) is 3.60. The molecule has 0 aliphatic carbocycles. The number of para-hydroxylation sites is 1. The van der Waals surface area contributed by atoms with Gasteiger partial charge in [0.25, 0.3) is 5.56 Å². The van der Waals surface area contributed by atoms with Crippen LogP contribution in [0.2, 0.25) is 0 Å². The molecule has 144 valence electrons. The Morgan fingerprint density at radius 2 is 1.79 bits per heavy atom. The number of alkyl halides is 3. The average Bonchev–Trinajstić information content (AvgIpc) is 2.60. The van der Waals surface area contributed by atoms with Gasteiger partial charge in [-0.05, 0) is 29.8 Å². The van der Waals surface area contributed by atoms with Gasteiger partial charge in [-0.2, -0.15) is 0 Å². The van der Waals surface area contributed by atoms with Gasteiger partial charge in [0.05, 0.1) is 0 Å². The molecule has 0 fully saturated rings. The second kappa shape index (κ2) is 7.14. The number of nitrogens with one attached hydrogen (secondary N) is 1. The van der Waals surface area contributed by atoms with Crippen LogP contribution < -0.4 is 10.3 Å². The molecule has 1 heterocycles. The average molecular weight is 394 g/mol. The molecule has 0 atom stereocenters. The maximum Gasteiger partial charge on any atom is 0.573 e. The molecule has 0 bridgehead atoms. The molecule has 0 aliphatic heterocycles. The molecule has 1 aromatic heterocycles. The Labute approximate surface area is 154 Å². The van der Waals surface area contributed by atoms with Crippen molar-refractivity contribution in [3.05, 3.63) is 70.5 Å². The quantitative estimate of drug-likeness (QED) is 0.656. The van der Waals surface area contributed by atoms with E-state index < -0.39 is 40.8 Å². The molecule has 0 unspecified atom stereocenters. The fourth-order valence-corrected chi connectivity index (χ4v) is 2.51. The number of hydrogen-bond donors (Lipinski definition) is 2. The number of nitrogens with zero attached hydrogens (tertiary/aromatic N) is 1. The number of halogens is 4. The van der Waals surface area contributed by atoms with Crippen molar-refractivity contribution in [1.82, 2.24) is 9.97 Å². The van der Waals surface area contributed by atoms with Crippen molar-refractivity contribution in [1.29, 1.82) is 0 Å². The first kappa shape index (κ1) is 19.1. The van der Waals surface area contributed by atoms with Gasteiger partial charge in [0.15, 0.2) is 5.69 Å². The Hall–Kier alpha value is -3.69. The Kier molecular flexibility index (Phi) is 4.87. The summed E-state index contributed by atoms with van der Waals surface area (Å²) in [4.78, 5) is 28.9. The predicted octanol–water partition coefficient (Wildman–Crippen LogP) is 3.84. The van der Waals surface area contributed by atoms with Crippen LogP contribution in [0.15, 0.2) is 53.5 Å². The van der Waals surface area contributed by atoms with E-state index in [9.17, 15) is 27.2 Å². The maximum absolute atomic E-state index is 14.1. The summed E-state index contributed by atoms with van der Waals surface area (Å²) in [6, 6.07) is 8.17. The summed E-state index contributed by atoms with van der Waals surface area (Å²) in [6.07, 6.45) is -4.08. The largest absolute Gasteiger partial charge is 0.573 e. The Morgan fingerprint density at radius 3 is 2.46 bits per heavy atom. The molecule has 0 saturated carbocycles. The molecule has 6 nitrogen and oxygen atoms in total. The van der Waals surface area contributed by atoms with Crippen molar-refractivity contribution >= 4 is 5.97 Å². The minimum absolute atomic E-state index is 0.0169. The summed E-state index contributed by atoms with van der Waals surface area (Å²) < 4.78 is 56.0. The summed E-state index contributed by atoms with van der Waals surface area (Å²) in [6.45, 7) is 0. The highest BCUT2D eigenvalue weighted by Gasteiger charge is 2.32. The first-order valence-electron chi connectivity index (χ1n) is 7.63. The Morgan fingerprint density at radius 1 is 1.11 bits per heavy atom. The summed E-state index contributed by atoms with van der Waals surface area (Å²) in [5.41, 5.74) is -1.87. The third kappa shape index (κ3) is 4.17. The number of aromatic carboxylic acids is 1. The van der Waals surface area contributed by atoms with E-state index in [1.165, 1.54) is 24.3 Å². The molecule has 0 saturated heterocycles. The van der Waals surface area contributed by atoms with E-state index in [1.54, 1.807) is 0 Å². The molecule has 28 heavy (non-hydrogen) atoms. The molecular weight excluding hydrogens is 384 g/mol. The lowest BCUT2D eigenvalue weighted by molar-refractivity contribution is -0.274. The van der Waals surface area contributed by atoms with Gasteiger partial charge in [-0.25, -0.2) is 14.2 Å². The van der Waals surface area contributed by atoms with Crippen molar-refractivity contribution < 1.29 is 32.2 Å². The first-order chi connectivity index (χ1) is 13.1. The lowest BCUT2D eigenvalue weighted by Crippen LogP contribution is -2.17. The van der Waals surface area contributed by atoms with Gasteiger partial charge < -0.3 is 14.8 Å². The molecule has 2 N–H and O–H groups in total. The number of aromatic amines is 1. The van der Waals surface area contributed by atoms with E-state index in [0.29, 0.717) is 0 Å². The number of aromatic nitrogens is 2. The van der Waals surface area contributed by atoms with Crippen molar-refractivity contribution in [2.45, 2.75) is 6.36 Å². The van der Waals surface area contributed by atoms with E-state index in [4.69, 9.17) is 5.11 Å². The van der Waals surface area contributed by atoms with E-state index >= 15 is 0 Å². The third-order valence-corrected chi connectivity index (χ3v) is 3.60. The van der Waals surface area contributed by atoms with Crippen LogP contribution in [0.4, 0.5) is 17.6 Å². The highest BCUT2D eigenvalue weighted by Crippen LogP contribution is 2.35. The van der Waals surface area contributed by atoms with Gasteiger partial charge in [-0.3, -0.25) is 4.79 Å². The zero-order valence-corrected chi connectivity index (χ0v) is 13.7. The van der Waals surface area contributed by atoms with Crippen LogP contribution >= 0.6 is 0 Å². The highest BCUT2D eigenvalue weighted by molar-refractivity contribution is 5.85. The minimum Gasteiger partial charge on any atom is -0.476 e. The number of carboxylic acids is 1. The van der Waals surface area contributed by atoms with Gasteiger partial charge in [0.1, 0.15) is 17.3 Å². The molecule has 0 amide bonds. The van der Waals surface area contributed by atoms with Gasteiger partial charge in [-0.15, -0.1) is 13.2 Å². The fraction of sp³-hybridized carbons (Fsp3) is 0.0556. The van der Waals surface area contributed by atoms with Crippen LogP contribution in [-0.2, 0) is 0 Å². The van der Waals surface area contributed by atoms with Gasteiger partial charge in [0.2, 0.25) is 0 Å². The van der Waals surface area contributed by atoms with Crippen molar-refractivity contribution in [2.75, 3.05) is 0 Å². The molecule has 10 heteroatoms. The monoisotopic (exact) mass is 394 g/mol. The maximum atomic E-state index is 14.1. The zero-order chi connectivity index (χ0) is 20.5. The molecular formula is C18H10F4N2O4. The molecule has 2 aromatic carbocycles. The SMILES string of the molecule is O=C(O)c1c[nH]c(=O)c(-c2cc(F)cc(-c3ccccc3OC(F)(F)F)c2)n1. The van der Waals surface area contributed by atoms with E-state index in [1.807, 2.05) is 0 Å². The van der Waals surface area contributed by atoms with Crippen LogP contribution in [0.3, 0.4) is 0 Å². The van der Waals surface area contributed by atoms with Crippen molar-refractivity contribution in [2.24, 2.45) is 0 Å². The lowest BCUT2D eigenvalue weighted by atomic mass is 10.0. The number of ether oxygens (including phenoxy) is 1. The molecule has 3 aromatic rings. The molecule has 0 radical (unpaired) electrons. The smallest absolute Gasteiger partial charge is 0.476 e. The summed E-state index contributed by atoms with van der Waals surface area (Å²) in [5, 5.41) is 9.00. The summed E-state index contributed by atoms with van der Waals surface area (Å²) >= 11 is 0. The van der Waals surface area contributed by atoms with E-state index in [0.717, 1.165) is 24.4 Å². The number of carboxylic acid groups (broad SMARTS) is 1. The number of H-pyrrole nitrogens is 1. The first-order valence-corrected chi connectivity index (χ1v) is 7.63. The topological polar surface area (TPSA) is 92.3 Å². The van der Waals surface area contributed by atoms with Crippen LogP contribution in [0.1, 0.15) is 10.5 Å². The lowest BCUT2D eigenvalue weighted by Gasteiger charge is -2.14. The molecule has 0 spiro atoms. The molecule has 0 aliphatic rings. The Bertz CT molecular complexity index is 1110. The number of carbonyl (C=O) groups is 1. The molecule has 3 rings (SSSR count). The second-order valence-corrected chi connectivity index (χ2v) is 5.54. The zero-order valence-electron chi connectivity index (χ0n) is 13.7. The van der Waals surface area contributed by atoms with Crippen LogP contribution in [0.5, 0.6) is 5.75 Å². The second-order valence-electron chi connectivity index (χ2n) is 5.54. The van der Waals surface area contributed by atoms with Gasteiger partial charge in [0, 0.05) is 17.3 Å². The Balaban J connectivity index is 2.16. The normalized spacial score (nSPS) is 11.3. The van der Waals surface area contributed by atoms with Crippen LogP contribution in [0, 0.1) is 5.82 Å².